The number of anilines is 1. The van der Waals surface area contributed by atoms with E-state index >= 15 is 0 Å². The summed E-state index contributed by atoms with van der Waals surface area (Å²) in [5, 5.41) is 3.47. The van der Waals surface area contributed by atoms with Gasteiger partial charge in [0.25, 0.3) is 5.56 Å². The van der Waals surface area contributed by atoms with Crippen molar-refractivity contribution in [1.82, 2.24) is 14.9 Å². The average molecular weight is 472 g/mol. The summed E-state index contributed by atoms with van der Waals surface area (Å²) in [6.45, 7) is 12.2. The lowest BCUT2D eigenvalue weighted by Gasteiger charge is -2.26. The molecule has 0 aliphatic carbocycles. The van der Waals surface area contributed by atoms with E-state index in [1.165, 1.54) is 12.8 Å². The van der Waals surface area contributed by atoms with Crippen LogP contribution in [0, 0.1) is 19.4 Å². The highest BCUT2D eigenvalue weighted by Gasteiger charge is 2.22. The largest absolute Gasteiger partial charge is 0.496 e. The molecular weight excluding hydrogens is 438 g/mol. The molecule has 1 aliphatic heterocycles. The molecule has 0 spiro atoms. The van der Waals surface area contributed by atoms with E-state index in [0.717, 1.165) is 48.5 Å². The number of nitrogens with one attached hydrogen (secondary N) is 1. The van der Waals surface area contributed by atoms with Crippen molar-refractivity contribution in [3.05, 3.63) is 69.8 Å². The van der Waals surface area contributed by atoms with E-state index in [9.17, 15) is 4.79 Å². The molecule has 35 heavy (non-hydrogen) atoms. The van der Waals surface area contributed by atoms with Gasteiger partial charge in [0.15, 0.2) is 5.69 Å². The quantitative estimate of drug-likeness (QED) is 0.523. The molecule has 7 nitrogen and oxygen atoms in total. The molecule has 1 N–H and O–H groups in total. The topological polar surface area (TPSA) is 63.8 Å². The third kappa shape index (κ3) is 5.23. The Bertz CT molecular complexity index is 1280. The van der Waals surface area contributed by atoms with E-state index in [0.29, 0.717) is 28.8 Å². The molecule has 0 radical (unpaired) electrons. The number of ether oxygens (including phenoxy) is 1. The Morgan fingerprint density at radius 1 is 1.17 bits per heavy atom. The predicted octanol–water partition coefficient (Wildman–Crippen LogP) is 4.81. The molecule has 1 aliphatic rings. The van der Waals surface area contributed by atoms with Crippen LogP contribution in [0.25, 0.3) is 27.2 Å². The van der Waals surface area contributed by atoms with Crippen molar-refractivity contribution in [2.45, 2.75) is 26.2 Å². The zero-order chi connectivity index (χ0) is 24.9. The molecule has 1 aromatic heterocycles. The Kier molecular flexibility index (Phi) is 7.52. The minimum absolute atomic E-state index is 0.0989. The van der Waals surface area contributed by atoms with Crippen molar-refractivity contribution in [2.75, 3.05) is 38.7 Å². The standard InChI is InChI=1S/C28H33N5O2/c1-19-17-22(10-13-24(19)35-5)25-26(21-8-11-23(29-2)12-9-21)31-28(33(4)27(25)34)32(3)18-20-7-6-15-30-16-14-20/h8-13,17,20,30H,6-7,14-16,18H2,1,3-5H3. The van der Waals surface area contributed by atoms with E-state index in [1.807, 2.05) is 44.3 Å². The molecule has 7 heteroatoms. The maximum absolute atomic E-state index is 13.8. The molecule has 1 saturated heterocycles. The molecular formula is C28H33N5O2. The van der Waals surface area contributed by atoms with Gasteiger partial charge in [-0.3, -0.25) is 9.36 Å². The second kappa shape index (κ2) is 10.7. The summed E-state index contributed by atoms with van der Waals surface area (Å²) in [4.78, 5) is 24.5. The Labute approximate surface area is 207 Å². The third-order valence-corrected chi connectivity index (χ3v) is 6.79. The maximum Gasteiger partial charge on any atom is 0.263 e. The first-order chi connectivity index (χ1) is 16.9. The highest BCUT2D eigenvalue weighted by molar-refractivity contribution is 5.82. The zero-order valence-corrected chi connectivity index (χ0v) is 21.0. The molecule has 0 bridgehead atoms. The van der Waals surface area contributed by atoms with Gasteiger partial charge >= 0.3 is 0 Å². The fraction of sp³-hybridized carbons (Fsp3) is 0.393. The smallest absolute Gasteiger partial charge is 0.263 e. The van der Waals surface area contributed by atoms with Crippen molar-refractivity contribution in [3.63, 3.8) is 0 Å². The number of benzene rings is 2. The van der Waals surface area contributed by atoms with Gasteiger partial charge in [-0.2, -0.15) is 0 Å². The van der Waals surface area contributed by atoms with E-state index in [2.05, 4.69) is 15.1 Å². The van der Waals surface area contributed by atoms with Gasteiger partial charge < -0.3 is 15.0 Å². The molecule has 0 saturated carbocycles. The lowest BCUT2D eigenvalue weighted by Crippen LogP contribution is -2.33. The van der Waals surface area contributed by atoms with Crippen LogP contribution in [-0.4, -0.2) is 43.3 Å². The number of hydrogen-bond acceptors (Lipinski definition) is 5. The van der Waals surface area contributed by atoms with Gasteiger partial charge in [0, 0.05) is 20.6 Å². The van der Waals surface area contributed by atoms with Gasteiger partial charge in [0.2, 0.25) is 5.95 Å². The van der Waals surface area contributed by atoms with Crippen LogP contribution in [0.2, 0.25) is 0 Å². The van der Waals surface area contributed by atoms with E-state index in [-0.39, 0.29) is 5.56 Å². The molecule has 2 heterocycles. The summed E-state index contributed by atoms with van der Waals surface area (Å²) in [6.07, 6.45) is 3.45. The molecule has 1 atom stereocenters. The molecule has 3 aromatic rings. The van der Waals surface area contributed by atoms with Gasteiger partial charge in [0.05, 0.1) is 24.9 Å². The van der Waals surface area contributed by atoms with Crippen LogP contribution >= 0.6 is 0 Å². The van der Waals surface area contributed by atoms with Crippen molar-refractivity contribution in [2.24, 2.45) is 13.0 Å². The Morgan fingerprint density at radius 3 is 2.60 bits per heavy atom. The van der Waals surface area contributed by atoms with E-state index in [4.69, 9.17) is 16.3 Å². The van der Waals surface area contributed by atoms with Gasteiger partial charge in [-0.05, 0) is 74.0 Å². The maximum atomic E-state index is 13.8. The summed E-state index contributed by atoms with van der Waals surface area (Å²) in [5.74, 6) is 1.97. The van der Waals surface area contributed by atoms with Crippen LogP contribution in [0.15, 0.2) is 47.3 Å². The molecule has 1 unspecified atom stereocenters. The summed E-state index contributed by atoms with van der Waals surface area (Å²) < 4.78 is 7.08. The summed E-state index contributed by atoms with van der Waals surface area (Å²) in [6, 6.07) is 13.0. The highest BCUT2D eigenvalue weighted by atomic mass is 16.5. The Hall–Kier alpha value is -3.63. The lowest BCUT2D eigenvalue weighted by molar-refractivity contribution is 0.412. The third-order valence-electron chi connectivity index (χ3n) is 6.79. The van der Waals surface area contributed by atoms with Crippen LogP contribution in [-0.2, 0) is 7.05 Å². The molecule has 1 fully saturated rings. The minimum Gasteiger partial charge on any atom is -0.496 e. The molecule has 4 rings (SSSR count). The Morgan fingerprint density at radius 2 is 1.91 bits per heavy atom. The zero-order valence-electron chi connectivity index (χ0n) is 21.0. The van der Waals surface area contributed by atoms with Crippen molar-refractivity contribution in [1.29, 1.82) is 0 Å². The fourth-order valence-corrected chi connectivity index (χ4v) is 4.87. The average Bonchev–Trinajstić information content (AvgIpc) is 3.14. The molecule has 0 amide bonds. The van der Waals surface area contributed by atoms with E-state index in [1.54, 1.807) is 30.9 Å². The first kappa shape index (κ1) is 24.5. The SMILES string of the molecule is [C-]#[N+]c1ccc(-c2nc(N(C)CC3CCCNCC3)n(C)c(=O)c2-c2ccc(OC)c(C)c2)cc1. The summed E-state index contributed by atoms with van der Waals surface area (Å²) in [5.41, 5.74) is 4.18. The molecule has 2 aromatic carbocycles. The number of nitrogens with zero attached hydrogens (tertiary/aromatic N) is 4. The van der Waals surface area contributed by atoms with Crippen LogP contribution in [0.1, 0.15) is 24.8 Å². The number of aromatic nitrogens is 2. The second-order valence-corrected chi connectivity index (χ2v) is 9.27. The van der Waals surface area contributed by atoms with Crippen LogP contribution in [0.4, 0.5) is 11.6 Å². The van der Waals surface area contributed by atoms with Gasteiger partial charge in [-0.15, -0.1) is 0 Å². The minimum atomic E-state index is -0.0989. The van der Waals surface area contributed by atoms with Crippen LogP contribution in [0.5, 0.6) is 5.75 Å². The number of rotatable bonds is 6. The first-order valence-corrected chi connectivity index (χ1v) is 12.1. The lowest BCUT2D eigenvalue weighted by atomic mass is 9.98. The van der Waals surface area contributed by atoms with Crippen molar-refractivity contribution in [3.8, 4) is 28.1 Å². The van der Waals surface area contributed by atoms with E-state index < -0.39 is 0 Å². The van der Waals surface area contributed by atoms with Gasteiger partial charge in [0.1, 0.15) is 5.75 Å². The predicted molar refractivity (Wildman–Crippen MR) is 141 cm³/mol. The monoisotopic (exact) mass is 471 g/mol. The second-order valence-electron chi connectivity index (χ2n) is 9.27. The normalized spacial score (nSPS) is 15.8. The number of hydrogen-bond donors (Lipinski definition) is 1. The molecule has 182 valence electrons. The van der Waals surface area contributed by atoms with Gasteiger partial charge in [-0.1, -0.05) is 30.3 Å². The highest BCUT2D eigenvalue weighted by Crippen LogP contribution is 2.33. The van der Waals surface area contributed by atoms with Gasteiger partial charge in [-0.25, -0.2) is 9.83 Å². The number of methoxy groups -OCH3 is 1. The Balaban J connectivity index is 1.84. The van der Waals surface area contributed by atoms with Crippen molar-refractivity contribution < 1.29 is 4.74 Å². The summed E-state index contributed by atoms with van der Waals surface area (Å²) >= 11 is 0. The fourth-order valence-electron chi connectivity index (χ4n) is 4.87. The first-order valence-electron chi connectivity index (χ1n) is 12.1. The van der Waals surface area contributed by atoms with Crippen LogP contribution < -0.4 is 20.5 Å². The van der Waals surface area contributed by atoms with Crippen LogP contribution in [0.3, 0.4) is 0 Å². The number of aryl methyl sites for hydroxylation is 1. The van der Waals surface area contributed by atoms with Crippen molar-refractivity contribution >= 4 is 11.6 Å². The summed E-state index contributed by atoms with van der Waals surface area (Å²) in [7, 11) is 5.45.